The van der Waals surface area contributed by atoms with Crippen LogP contribution in [-0.4, -0.2) is 16.2 Å². The molecule has 0 saturated carbocycles. The summed E-state index contributed by atoms with van der Waals surface area (Å²) in [6.07, 6.45) is -1.77. The van der Waals surface area contributed by atoms with E-state index in [2.05, 4.69) is 0 Å². The van der Waals surface area contributed by atoms with E-state index in [0.717, 1.165) is 0 Å². The predicted molar refractivity (Wildman–Crippen MR) is 48.3 cm³/mol. The van der Waals surface area contributed by atoms with Crippen LogP contribution in [0.3, 0.4) is 0 Å². The molecule has 2 N–H and O–H groups in total. The molecule has 1 atom stereocenters. The Balaban J connectivity index is 2.99. The van der Waals surface area contributed by atoms with Crippen LogP contribution in [0.5, 0.6) is 0 Å². The van der Waals surface area contributed by atoms with Crippen molar-refractivity contribution in [3.05, 3.63) is 35.1 Å². The third-order valence-corrected chi connectivity index (χ3v) is 1.97. The van der Waals surface area contributed by atoms with Gasteiger partial charge in [0, 0.05) is 5.56 Å². The quantitative estimate of drug-likeness (QED) is 0.776. The molecule has 0 heterocycles. The van der Waals surface area contributed by atoms with E-state index in [1.165, 1.54) is 12.1 Å². The topological polar surface area (TPSA) is 57.5 Å². The number of rotatable bonds is 3. The number of aliphatic hydroxyl groups excluding tert-OH is 1. The summed E-state index contributed by atoms with van der Waals surface area (Å²) in [6.45, 7) is 1.63. The van der Waals surface area contributed by atoms with E-state index in [4.69, 9.17) is 5.11 Å². The lowest BCUT2D eigenvalue weighted by Gasteiger charge is -2.12. The van der Waals surface area contributed by atoms with E-state index in [9.17, 15) is 14.3 Å². The fourth-order valence-corrected chi connectivity index (χ4v) is 1.33. The van der Waals surface area contributed by atoms with E-state index >= 15 is 0 Å². The number of aliphatic hydroxyl groups is 1. The lowest BCUT2D eigenvalue weighted by molar-refractivity contribution is -0.139. The summed E-state index contributed by atoms with van der Waals surface area (Å²) in [4.78, 5) is 10.3. The molecule has 3 nitrogen and oxygen atoms in total. The third kappa shape index (κ3) is 2.29. The van der Waals surface area contributed by atoms with Crippen molar-refractivity contribution in [1.82, 2.24) is 0 Å². The lowest BCUT2D eigenvalue weighted by atomic mass is 10.0. The minimum Gasteiger partial charge on any atom is -0.481 e. The number of benzene rings is 1. The van der Waals surface area contributed by atoms with Gasteiger partial charge in [0.15, 0.2) is 0 Å². The van der Waals surface area contributed by atoms with Crippen LogP contribution in [0.4, 0.5) is 4.39 Å². The molecule has 0 aliphatic carbocycles. The van der Waals surface area contributed by atoms with Crippen molar-refractivity contribution in [2.75, 3.05) is 0 Å². The van der Waals surface area contributed by atoms with Gasteiger partial charge in [-0.25, -0.2) is 4.39 Å². The molecule has 1 aromatic carbocycles. The van der Waals surface area contributed by atoms with Crippen LogP contribution >= 0.6 is 0 Å². The fraction of sp³-hybridized carbons (Fsp3) is 0.300. The van der Waals surface area contributed by atoms with E-state index in [1.54, 1.807) is 13.0 Å². The van der Waals surface area contributed by atoms with Crippen molar-refractivity contribution in [3.8, 4) is 0 Å². The van der Waals surface area contributed by atoms with Crippen LogP contribution in [-0.2, 0) is 4.79 Å². The zero-order chi connectivity index (χ0) is 10.7. The Bertz CT molecular complexity index is 329. The Labute approximate surface area is 80.8 Å². The van der Waals surface area contributed by atoms with Gasteiger partial charge in [0.05, 0.1) is 12.5 Å². The normalized spacial score (nSPS) is 12.5. The Morgan fingerprint density at radius 3 is 2.71 bits per heavy atom. The monoisotopic (exact) mass is 198 g/mol. The maximum absolute atomic E-state index is 13.2. The van der Waals surface area contributed by atoms with Gasteiger partial charge in [-0.1, -0.05) is 12.1 Å². The molecule has 1 rings (SSSR count). The molecule has 76 valence electrons. The summed E-state index contributed by atoms with van der Waals surface area (Å²) in [5.41, 5.74) is 0.619. The molecule has 0 aliphatic heterocycles. The van der Waals surface area contributed by atoms with Crippen molar-refractivity contribution in [1.29, 1.82) is 0 Å². The maximum Gasteiger partial charge on any atom is 0.306 e. The number of carbonyl (C=O) groups is 1. The van der Waals surface area contributed by atoms with Gasteiger partial charge in [0.25, 0.3) is 0 Å². The molecule has 0 bridgehead atoms. The summed E-state index contributed by atoms with van der Waals surface area (Å²) < 4.78 is 13.2. The number of aliphatic carboxylic acids is 1. The molecule has 1 aromatic rings. The van der Waals surface area contributed by atoms with Crippen LogP contribution in [0, 0.1) is 12.7 Å². The minimum absolute atomic E-state index is 0.0647. The average molecular weight is 198 g/mol. The van der Waals surface area contributed by atoms with Crippen LogP contribution in [0.25, 0.3) is 0 Å². The molecule has 4 heteroatoms. The van der Waals surface area contributed by atoms with E-state index < -0.39 is 24.3 Å². The van der Waals surface area contributed by atoms with Gasteiger partial charge in [-0.05, 0) is 18.6 Å². The second kappa shape index (κ2) is 4.19. The SMILES string of the molecule is Cc1cccc(F)c1[C@H](O)CC(=O)O. The van der Waals surface area contributed by atoms with Crippen molar-refractivity contribution < 1.29 is 19.4 Å². The first-order valence-electron chi connectivity index (χ1n) is 4.17. The molecule has 0 amide bonds. The zero-order valence-corrected chi connectivity index (χ0v) is 7.70. The predicted octanol–water partition coefficient (Wildman–Crippen LogP) is 1.64. The van der Waals surface area contributed by atoms with Gasteiger partial charge >= 0.3 is 5.97 Å². The minimum atomic E-state index is -1.28. The first-order chi connectivity index (χ1) is 6.52. The zero-order valence-electron chi connectivity index (χ0n) is 7.70. The van der Waals surface area contributed by atoms with Gasteiger partial charge in [-0.15, -0.1) is 0 Å². The second-order valence-corrected chi connectivity index (χ2v) is 3.08. The molecule has 0 saturated heterocycles. The highest BCUT2D eigenvalue weighted by Gasteiger charge is 2.17. The van der Waals surface area contributed by atoms with Gasteiger partial charge in [0.1, 0.15) is 5.82 Å². The number of carboxylic acid groups (broad SMARTS) is 1. The van der Waals surface area contributed by atoms with Crippen molar-refractivity contribution in [3.63, 3.8) is 0 Å². The molecule has 0 aromatic heterocycles. The highest BCUT2D eigenvalue weighted by atomic mass is 19.1. The first-order valence-corrected chi connectivity index (χ1v) is 4.17. The summed E-state index contributed by atoms with van der Waals surface area (Å²) in [5.74, 6) is -1.72. The van der Waals surface area contributed by atoms with Crippen LogP contribution in [0.15, 0.2) is 18.2 Å². The average Bonchev–Trinajstić information content (AvgIpc) is 2.01. The fourth-order valence-electron chi connectivity index (χ4n) is 1.33. The molecular weight excluding hydrogens is 187 g/mol. The Morgan fingerprint density at radius 2 is 2.21 bits per heavy atom. The van der Waals surface area contributed by atoms with Crippen LogP contribution in [0.2, 0.25) is 0 Å². The standard InChI is InChI=1S/C10H11FO3/c1-6-3-2-4-7(11)10(6)8(12)5-9(13)14/h2-4,8,12H,5H2,1H3,(H,13,14)/t8-/m1/s1. The summed E-state index contributed by atoms with van der Waals surface area (Å²) in [7, 11) is 0. The number of hydrogen-bond donors (Lipinski definition) is 2. The second-order valence-electron chi connectivity index (χ2n) is 3.08. The number of aryl methyl sites for hydroxylation is 1. The maximum atomic E-state index is 13.2. The van der Waals surface area contributed by atoms with E-state index in [-0.39, 0.29) is 5.56 Å². The van der Waals surface area contributed by atoms with Gasteiger partial charge in [-0.3, -0.25) is 4.79 Å². The Kier molecular flexibility index (Phi) is 3.19. The van der Waals surface area contributed by atoms with Crippen LogP contribution < -0.4 is 0 Å². The molecule has 14 heavy (non-hydrogen) atoms. The van der Waals surface area contributed by atoms with Crippen LogP contribution in [0.1, 0.15) is 23.7 Å². The summed E-state index contributed by atoms with van der Waals surface area (Å²) in [5, 5.41) is 17.9. The smallest absolute Gasteiger partial charge is 0.306 e. The Hall–Kier alpha value is -1.42. The van der Waals surface area contributed by atoms with Crippen molar-refractivity contribution in [2.45, 2.75) is 19.4 Å². The number of carboxylic acids is 1. The van der Waals surface area contributed by atoms with Gasteiger partial charge in [-0.2, -0.15) is 0 Å². The van der Waals surface area contributed by atoms with Gasteiger partial charge in [0.2, 0.25) is 0 Å². The molecule has 0 aliphatic rings. The lowest BCUT2D eigenvalue weighted by Crippen LogP contribution is -2.08. The van der Waals surface area contributed by atoms with E-state index in [1.807, 2.05) is 0 Å². The van der Waals surface area contributed by atoms with Gasteiger partial charge < -0.3 is 10.2 Å². The Morgan fingerprint density at radius 1 is 1.57 bits per heavy atom. The molecule has 0 fully saturated rings. The number of hydrogen-bond acceptors (Lipinski definition) is 2. The summed E-state index contributed by atoms with van der Waals surface area (Å²) in [6, 6.07) is 4.35. The van der Waals surface area contributed by atoms with E-state index in [0.29, 0.717) is 5.56 Å². The summed E-state index contributed by atoms with van der Waals surface area (Å²) >= 11 is 0. The number of halogens is 1. The highest BCUT2D eigenvalue weighted by molar-refractivity contribution is 5.67. The highest BCUT2D eigenvalue weighted by Crippen LogP contribution is 2.23. The molecule has 0 spiro atoms. The molecule has 0 unspecified atom stereocenters. The largest absolute Gasteiger partial charge is 0.481 e. The first kappa shape index (κ1) is 10.7. The van der Waals surface area contributed by atoms with Crippen molar-refractivity contribution >= 4 is 5.97 Å². The third-order valence-electron chi connectivity index (χ3n) is 1.97. The molecule has 0 radical (unpaired) electrons. The molecular formula is C10H11FO3. The van der Waals surface area contributed by atoms with Crippen molar-refractivity contribution in [2.24, 2.45) is 0 Å².